The van der Waals surface area contributed by atoms with Gasteiger partial charge in [0.15, 0.2) is 0 Å². The van der Waals surface area contributed by atoms with Crippen LogP contribution in [0.5, 0.6) is 0 Å². The lowest BCUT2D eigenvalue weighted by Crippen LogP contribution is -2.28. The molecule has 1 aromatic heterocycles. The third-order valence-electron chi connectivity index (χ3n) is 2.81. The fourth-order valence-electron chi connectivity index (χ4n) is 2.05. The van der Waals surface area contributed by atoms with Crippen LogP contribution in [0.25, 0.3) is 0 Å². The van der Waals surface area contributed by atoms with Crippen LogP contribution in [0.4, 0.5) is 0 Å². The molecule has 90 valence electrons. The van der Waals surface area contributed by atoms with Gasteiger partial charge in [0.05, 0.1) is 0 Å². The Labute approximate surface area is 121 Å². The van der Waals surface area contributed by atoms with Gasteiger partial charge in [-0.15, -0.1) is 10.2 Å². The summed E-state index contributed by atoms with van der Waals surface area (Å²) in [5, 5.41) is 14.9. The number of aromatic nitrogens is 3. The highest BCUT2D eigenvalue weighted by molar-refractivity contribution is 9.10. The van der Waals surface area contributed by atoms with Crippen molar-refractivity contribution < 1.29 is 0 Å². The number of halogens is 1. The minimum Gasteiger partial charge on any atom is -0.253 e. The summed E-state index contributed by atoms with van der Waals surface area (Å²) in [6.45, 7) is 0. The van der Waals surface area contributed by atoms with E-state index >= 15 is 0 Å². The molecule has 3 heterocycles. The molecular formula is C11H7BrN4S2. The van der Waals surface area contributed by atoms with E-state index in [0.717, 1.165) is 9.63 Å². The number of fused-ring (bicyclic) bond motifs is 3. The number of hydrogen-bond donors (Lipinski definition) is 0. The van der Waals surface area contributed by atoms with E-state index in [9.17, 15) is 0 Å². The van der Waals surface area contributed by atoms with Crippen LogP contribution in [0.1, 0.15) is 10.9 Å². The van der Waals surface area contributed by atoms with Crippen molar-refractivity contribution in [1.82, 2.24) is 14.9 Å². The van der Waals surface area contributed by atoms with Gasteiger partial charge in [0, 0.05) is 9.88 Å². The summed E-state index contributed by atoms with van der Waals surface area (Å²) in [6, 6.07) is 8.41. The van der Waals surface area contributed by atoms with Crippen molar-refractivity contribution >= 4 is 39.5 Å². The average molecular weight is 339 g/mol. The maximum atomic E-state index is 4.10. The second-order valence-electron chi connectivity index (χ2n) is 3.90. The monoisotopic (exact) mass is 338 g/mol. The molecule has 2 aliphatic rings. The van der Waals surface area contributed by atoms with E-state index in [1.807, 2.05) is 22.5 Å². The van der Waals surface area contributed by atoms with Crippen LogP contribution in [0.15, 0.2) is 50.7 Å². The summed E-state index contributed by atoms with van der Waals surface area (Å²) in [5.74, 6) is 0. The molecule has 0 amide bonds. The zero-order valence-corrected chi connectivity index (χ0v) is 12.2. The summed E-state index contributed by atoms with van der Waals surface area (Å²) in [6.07, 6.45) is 1.76. The van der Waals surface area contributed by atoms with Gasteiger partial charge in [0.1, 0.15) is 16.7 Å². The topological polar surface area (TPSA) is 34.0 Å². The van der Waals surface area contributed by atoms with Gasteiger partial charge in [0.25, 0.3) is 0 Å². The molecule has 2 aromatic rings. The van der Waals surface area contributed by atoms with Crippen molar-refractivity contribution in [3.8, 4) is 0 Å². The lowest BCUT2D eigenvalue weighted by molar-refractivity contribution is 0.634. The van der Waals surface area contributed by atoms with Crippen molar-refractivity contribution in [2.75, 3.05) is 5.01 Å². The maximum Gasteiger partial charge on any atom is 0.216 e. The molecule has 0 N–H and O–H groups in total. The van der Waals surface area contributed by atoms with Crippen LogP contribution in [0.2, 0.25) is 0 Å². The average Bonchev–Trinajstić information content (AvgIpc) is 2.99. The molecule has 0 radical (unpaired) electrons. The van der Waals surface area contributed by atoms with Crippen LogP contribution >= 0.6 is 39.5 Å². The molecule has 0 saturated heterocycles. The number of hydrogen-bond acceptors (Lipinski definition) is 5. The molecule has 2 aliphatic heterocycles. The number of thioether (sulfide) groups is 2. The van der Waals surface area contributed by atoms with Crippen molar-refractivity contribution in [1.29, 1.82) is 0 Å². The second-order valence-corrected chi connectivity index (χ2v) is 6.76. The fourth-order valence-corrected chi connectivity index (χ4v) is 4.67. The van der Waals surface area contributed by atoms with E-state index in [0.29, 0.717) is 0 Å². The SMILES string of the molecule is Brc1cccc(C2SC=C3Sc4nncn4N32)c1. The van der Waals surface area contributed by atoms with Gasteiger partial charge in [-0.05, 0) is 29.5 Å². The molecule has 0 bridgehead atoms. The highest BCUT2D eigenvalue weighted by Crippen LogP contribution is 2.50. The second kappa shape index (κ2) is 4.04. The Morgan fingerprint density at radius 3 is 3.17 bits per heavy atom. The van der Waals surface area contributed by atoms with Crippen molar-refractivity contribution in [2.24, 2.45) is 0 Å². The smallest absolute Gasteiger partial charge is 0.216 e. The summed E-state index contributed by atoms with van der Waals surface area (Å²) in [5.41, 5.74) is 1.27. The predicted octanol–water partition coefficient (Wildman–Crippen LogP) is 3.33. The first-order valence-electron chi connectivity index (χ1n) is 5.31. The zero-order valence-electron chi connectivity index (χ0n) is 9.02. The molecule has 7 heteroatoms. The standard InChI is InChI=1S/C11H7BrN4S2/c12-8-3-1-2-7(4-8)10-16-9(5-17-10)18-11-14-13-6-15(11)16/h1-6,10H. The molecule has 18 heavy (non-hydrogen) atoms. The van der Waals surface area contributed by atoms with E-state index in [2.05, 4.69) is 54.7 Å². The van der Waals surface area contributed by atoms with Gasteiger partial charge in [-0.2, -0.15) is 0 Å². The molecule has 1 aromatic carbocycles. The number of nitrogens with zero attached hydrogens (tertiary/aromatic N) is 4. The molecule has 0 saturated carbocycles. The Bertz CT molecular complexity index is 654. The van der Waals surface area contributed by atoms with Crippen molar-refractivity contribution in [3.63, 3.8) is 0 Å². The number of rotatable bonds is 1. The predicted molar refractivity (Wildman–Crippen MR) is 76.7 cm³/mol. The van der Waals surface area contributed by atoms with Gasteiger partial charge >= 0.3 is 0 Å². The molecule has 1 atom stereocenters. The molecular weight excluding hydrogens is 332 g/mol. The summed E-state index contributed by atoms with van der Waals surface area (Å²) < 4.78 is 3.12. The van der Waals surface area contributed by atoms with E-state index in [-0.39, 0.29) is 5.37 Å². The van der Waals surface area contributed by atoms with E-state index < -0.39 is 0 Å². The molecule has 0 spiro atoms. The van der Waals surface area contributed by atoms with Crippen molar-refractivity contribution in [2.45, 2.75) is 10.5 Å². The Hall–Kier alpha value is -0.920. The van der Waals surface area contributed by atoms with Crippen LogP contribution in [0, 0.1) is 0 Å². The quantitative estimate of drug-likeness (QED) is 0.796. The normalized spacial score (nSPS) is 20.8. The molecule has 4 nitrogen and oxygen atoms in total. The third-order valence-corrected chi connectivity index (χ3v) is 5.50. The van der Waals surface area contributed by atoms with E-state index in [1.54, 1.807) is 18.1 Å². The summed E-state index contributed by atoms with van der Waals surface area (Å²) >= 11 is 6.99. The molecule has 4 rings (SSSR count). The fraction of sp³-hybridized carbons (Fsp3) is 0.0909. The first-order chi connectivity index (χ1) is 8.83. The van der Waals surface area contributed by atoms with Gasteiger partial charge in [0.2, 0.25) is 5.16 Å². The molecule has 0 fully saturated rings. The van der Waals surface area contributed by atoms with E-state index in [1.165, 1.54) is 10.6 Å². The minimum absolute atomic E-state index is 0.252. The first-order valence-corrected chi connectivity index (χ1v) is 7.87. The highest BCUT2D eigenvalue weighted by Gasteiger charge is 2.37. The maximum absolute atomic E-state index is 4.10. The summed E-state index contributed by atoms with van der Waals surface area (Å²) in [4.78, 5) is 0. The van der Waals surface area contributed by atoms with Crippen LogP contribution in [0.3, 0.4) is 0 Å². The van der Waals surface area contributed by atoms with Crippen LogP contribution in [-0.4, -0.2) is 14.9 Å². The Morgan fingerprint density at radius 1 is 1.33 bits per heavy atom. The lowest BCUT2D eigenvalue weighted by Gasteiger charge is -2.24. The highest BCUT2D eigenvalue weighted by atomic mass is 79.9. The molecule has 0 aliphatic carbocycles. The number of benzene rings is 1. The third kappa shape index (κ3) is 1.54. The van der Waals surface area contributed by atoms with E-state index in [4.69, 9.17) is 0 Å². The van der Waals surface area contributed by atoms with Gasteiger partial charge < -0.3 is 0 Å². The van der Waals surface area contributed by atoms with Crippen LogP contribution < -0.4 is 5.01 Å². The van der Waals surface area contributed by atoms with Crippen molar-refractivity contribution in [3.05, 3.63) is 51.1 Å². The Balaban J connectivity index is 1.77. The first kappa shape index (κ1) is 11.0. The largest absolute Gasteiger partial charge is 0.253 e. The molecule has 1 unspecified atom stereocenters. The van der Waals surface area contributed by atoms with Crippen LogP contribution in [-0.2, 0) is 0 Å². The minimum atomic E-state index is 0.252. The Morgan fingerprint density at radius 2 is 2.28 bits per heavy atom. The van der Waals surface area contributed by atoms with Gasteiger partial charge in [-0.25, -0.2) is 4.68 Å². The zero-order chi connectivity index (χ0) is 12.1. The van der Waals surface area contributed by atoms with Gasteiger partial charge in [-0.1, -0.05) is 39.8 Å². The summed E-state index contributed by atoms with van der Waals surface area (Å²) in [7, 11) is 0. The lowest BCUT2D eigenvalue weighted by atomic mass is 10.2. The Kier molecular flexibility index (Phi) is 2.46. The van der Waals surface area contributed by atoms with Gasteiger partial charge in [-0.3, -0.25) is 5.01 Å².